The fourth-order valence-corrected chi connectivity index (χ4v) is 4.07. The number of amides is 1. The maximum Gasteiger partial charge on any atom is 0.258 e. The van der Waals surface area contributed by atoms with Gasteiger partial charge in [-0.2, -0.15) is 0 Å². The number of nitrogen functional groups attached to an aromatic ring is 1. The van der Waals surface area contributed by atoms with Crippen LogP contribution < -0.4 is 20.1 Å². The van der Waals surface area contributed by atoms with Gasteiger partial charge in [0.2, 0.25) is 10.0 Å². The summed E-state index contributed by atoms with van der Waals surface area (Å²) in [6.45, 7) is 0.551. The molecule has 138 valence electrons. The van der Waals surface area contributed by atoms with Crippen LogP contribution in [0.25, 0.3) is 0 Å². The lowest BCUT2D eigenvalue weighted by molar-refractivity contribution is 0.0985. The van der Waals surface area contributed by atoms with E-state index in [9.17, 15) is 13.2 Å². The van der Waals surface area contributed by atoms with E-state index in [1.807, 2.05) is 18.2 Å². The van der Waals surface area contributed by atoms with Crippen LogP contribution in [-0.2, 0) is 16.4 Å². The molecule has 2 aromatic carbocycles. The summed E-state index contributed by atoms with van der Waals surface area (Å²) in [7, 11) is -1.06. The number of ether oxygens (including phenoxy) is 1. The van der Waals surface area contributed by atoms with Crippen LogP contribution >= 0.6 is 0 Å². The van der Waals surface area contributed by atoms with Crippen molar-refractivity contribution >= 4 is 27.3 Å². The quantitative estimate of drug-likeness (QED) is 0.793. The van der Waals surface area contributed by atoms with Gasteiger partial charge in [-0.15, -0.1) is 0 Å². The molecular weight excluding hydrogens is 354 g/mol. The van der Waals surface area contributed by atoms with E-state index < -0.39 is 10.0 Å². The van der Waals surface area contributed by atoms with Gasteiger partial charge in [0, 0.05) is 23.5 Å². The Kier molecular flexibility index (Phi) is 4.88. The number of fused-ring (bicyclic) bond motifs is 1. The van der Waals surface area contributed by atoms with E-state index in [1.165, 1.54) is 26.3 Å². The van der Waals surface area contributed by atoms with E-state index in [4.69, 9.17) is 10.5 Å². The lowest BCUT2D eigenvalue weighted by Gasteiger charge is -2.30. The van der Waals surface area contributed by atoms with Crippen molar-refractivity contribution in [2.75, 3.05) is 31.3 Å². The van der Waals surface area contributed by atoms with Crippen molar-refractivity contribution < 1.29 is 17.9 Å². The third-order valence-electron chi connectivity index (χ3n) is 4.50. The Balaban J connectivity index is 2.05. The molecule has 0 aromatic heterocycles. The van der Waals surface area contributed by atoms with Crippen molar-refractivity contribution in [1.29, 1.82) is 0 Å². The number of sulfonamides is 1. The molecule has 0 atom stereocenters. The normalized spacial score (nSPS) is 14.0. The Morgan fingerprint density at radius 1 is 1.27 bits per heavy atom. The first-order chi connectivity index (χ1) is 12.4. The van der Waals surface area contributed by atoms with Crippen LogP contribution in [0.15, 0.2) is 41.3 Å². The van der Waals surface area contributed by atoms with Gasteiger partial charge in [-0.25, -0.2) is 13.1 Å². The van der Waals surface area contributed by atoms with Gasteiger partial charge >= 0.3 is 0 Å². The number of anilines is 2. The van der Waals surface area contributed by atoms with Gasteiger partial charge in [0.15, 0.2) is 0 Å². The molecule has 0 spiro atoms. The molecule has 26 heavy (non-hydrogen) atoms. The molecule has 1 aliphatic rings. The molecule has 1 heterocycles. The highest BCUT2D eigenvalue weighted by Gasteiger charge is 2.27. The first kappa shape index (κ1) is 18.2. The number of hydrogen-bond donors (Lipinski definition) is 2. The fraction of sp³-hybridized carbons (Fsp3) is 0.278. The summed E-state index contributed by atoms with van der Waals surface area (Å²) in [5.74, 6) is -0.0917. The highest BCUT2D eigenvalue weighted by molar-refractivity contribution is 7.89. The average molecular weight is 375 g/mol. The Morgan fingerprint density at radius 3 is 2.73 bits per heavy atom. The summed E-state index contributed by atoms with van der Waals surface area (Å²) in [4.78, 5) is 14.6. The number of carbonyl (C=O) groups is 1. The second kappa shape index (κ2) is 6.97. The number of carbonyl (C=O) groups excluding carboxylic acids is 1. The lowest BCUT2D eigenvalue weighted by Crippen LogP contribution is -2.36. The van der Waals surface area contributed by atoms with Crippen LogP contribution in [0.2, 0.25) is 0 Å². The maximum absolute atomic E-state index is 13.1. The molecule has 0 bridgehead atoms. The molecule has 8 heteroatoms. The molecule has 0 saturated heterocycles. The number of rotatable bonds is 4. The van der Waals surface area contributed by atoms with Gasteiger partial charge in [-0.05, 0) is 55.8 Å². The van der Waals surface area contributed by atoms with Crippen molar-refractivity contribution in [3.05, 3.63) is 47.5 Å². The third-order valence-corrected chi connectivity index (χ3v) is 5.94. The van der Waals surface area contributed by atoms with Crippen molar-refractivity contribution in [2.45, 2.75) is 17.7 Å². The minimum atomic E-state index is -3.76. The Labute approximate surface area is 152 Å². The summed E-state index contributed by atoms with van der Waals surface area (Å²) in [6.07, 6.45) is 1.61. The smallest absolute Gasteiger partial charge is 0.258 e. The molecule has 0 radical (unpaired) electrons. The number of hydrogen-bond acceptors (Lipinski definition) is 5. The average Bonchev–Trinajstić information content (AvgIpc) is 2.67. The van der Waals surface area contributed by atoms with Gasteiger partial charge < -0.3 is 15.4 Å². The van der Waals surface area contributed by atoms with Crippen molar-refractivity contribution in [1.82, 2.24) is 4.72 Å². The lowest BCUT2D eigenvalue weighted by atomic mass is 9.99. The highest BCUT2D eigenvalue weighted by Crippen LogP contribution is 2.33. The summed E-state index contributed by atoms with van der Waals surface area (Å²) in [6, 6.07) is 9.88. The molecule has 3 rings (SSSR count). The van der Waals surface area contributed by atoms with E-state index in [-0.39, 0.29) is 22.1 Å². The molecule has 3 N–H and O–H groups in total. The molecule has 0 saturated carbocycles. The van der Waals surface area contributed by atoms with Crippen molar-refractivity contribution in [2.24, 2.45) is 0 Å². The van der Waals surface area contributed by atoms with Crippen molar-refractivity contribution in [3.8, 4) is 5.75 Å². The van der Waals surface area contributed by atoms with Gasteiger partial charge in [0.05, 0.1) is 7.11 Å². The van der Waals surface area contributed by atoms with E-state index >= 15 is 0 Å². The monoisotopic (exact) mass is 375 g/mol. The third kappa shape index (κ3) is 3.13. The van der Waals surface area contributed by atoms with Gasteiger partial charge in [0.1, 0.15) is 10.6 Å². The first-order valence-electron chi connectivity index (χ1n) is 8.20. The van der Waals surface area contributed by atoms with Crippen molar-refractivity contribution in [3.63, 3.8) is 0 Å². The van der Waals surface area contributed by atoms with Gasteiger partial charge in [-0.1, -0.05) is 6.07 Å². The minimum Gasteiger partial charge on any atom is -0.495 e. The number of methoxy groups -OCH3 is 1. The second-order valence-corrected chi connectivity index (χ2v) is 7.83. The SMILES string of the molecule is CNS(=O)(=O)c1cc(C(=O)N2CCCc3c(N)cccc32)ccc1OC. The summed E-state index contributed by atoms with van der Waals surface area (Å²) < 4.78 is 31.9. The highest BCUT2D eigenvalue weighted by atomic mass is 32.2. The molecule has 1 amide bonds. The van der Waals surface area contributed by atoms with Crippen LogP contribution in [0, 0.1) is 0 Å². The maximum atomic E-state index is 13.1. The predicted molar refractivity (Wildman–Crippen MR) is 100 cm³/mol. The standard InChI is InChI=1S/C18H21N3O4S/c1-20-26(23,24)17-11-12(8-9-16(17)25-2)18(22)21-10-4-5-13-14(19)6-3-7-15(13)21/h3,6-9,11,20H,4-5,10,19H2,1-2H3. The fourth-order valence-electron chi connectivity index (χ4n) is 3.15. The Bertz CT molecular complexity index is 957. The molecule has 7 nitrogen and oxygen atoms in total. The van der Waals surface area contributed by atoms with Crippen LogP contribution in [0.3, 0.4) is 0 Å². The molecule has 0 fully saturated rings. The largest absolute Gasteiger partial charge is 0.495 e. The molecule has 0 aliphatic carbocycles. The minimum absolute atomic E-state index is 0.0711. The summed E-state index contributed by atoms with van der Waals surface area (Å²) in [5.41, 5.74) is 8.69. The Morgan fingerprint density at radius 2 is 2.04 bits per heavy atom. The van der Waals surface area contributed by atoms with E-state index in [1.54, 1.807) is 11.0 Å². The van der Waals surface area contributed by atoms with E-state index in [0.717, 1.165) is 24.1 Å². The molecular formula is C18H21N3O4S. The van der Waals surface area contributed by atoms with Crippen LogP contribution in [0.1, 0.15) is 22.3 Å². The zero-order chi connectivity index (χ0) is 18.9. The van der Waals surface area contributed by atoms with Crippen LogP contribution in [0.5, 0.6) is 5.75 Å². The molecule has 2 aromatic rings. The predicted octanol–water partition coefficient (Wildman–Crippen LogP) is 1.78. The Hall–Kier alpha value is -2.58. The van der Waals surface area contributed by atoms with Crippen LogP contribution in [0.4, 0.5) is 11.4 Å². The summed E-state index contributed by atoms with van der Waals surface area (Å²) in [5, 5.41) is 0. The number of nitrogens with two attached hydrogens (primary N) is 1. The van der Waals surface area contributed by atoms with E-state index in [0.29, 0.717) is 12.2 Å². The second-order valence-electron chi connectivity index (χ2n) is 5.98. The first-order valence-corrected chi connectivity index (χ1v) is 9.68. The van der Waals surface area contributed by atoms with E-state index in [2.05, 4.69) is 4.72 Å². The number of benzene rings is 2. The molecule has 1 aliphatic heterocycles. The number of nitrogens with one attached hydrogen (secondary N) is 1. The number of nitrogens with zero attached hydrogens (tertiary/aromatic N) is 1. The zero-order valence-corrected chi connectivity index (χ0v) is 15.5. The topological polar surface area (TPSA) is 102 Å². The van der Waals surface area contributed by atoms with Gasteiger partial charge in [-0.3, -0.25) is 4.79 Å². The zero-order valence-electron chi connectivity index (χ0n) is 14.7. The van der Waals surface area contributed by atoms with Gasteiger partial charge in [0.25, 0.3) is 5.91 Å². The molecule has 0 unspecified atom stereocenters. The summed E-state index contributed by atoms with van der Waals surface area (Å²) >= 11 is 0. The van der Waals surface area contributed by atoms with Crippen LogP contribution in [-0.4, -0.2) is 35.0 Å².